The number of aromatic nitrogens is 2. The van der Waals surface area contributed by atoms with Crippen molar-refractivity contribution in [3.05, 3.63) is 42.5 Å². The van der Waals surface area contributed by atoms with E-state index in [1.165, 1.54) is 43.2 Å². The average Bonchev–Trinajstić information content (AvgIpc) is 3.04. The molecule has 1 amide bonds. The first-order chi connectivity index (χ1) is 11.6. The molecule has 1 aromatic carbocycles. The van der Waals surface area contributed by atoms with Crippen molar-refractivity contribution in [2.75, 3.05) is 5.75 Å². The van der Waals surface area contributed by atoms with E-state index >= 15 is 0 Å². The molecule has 1 aromatic heterocycles. The van der Waals surface area contributed by atoms with Gasteiger partial charge in [-0.3, -0.25) is 9.36 Å². The molecule has 2 aromatic rings. The third-order valence-corrected chi connectivity index (χ3v) is 5.45. The van der Waals surface area contributed by atoms with Crippen LogP contribution in [-0.4, -0.2) is 27.3 Å². The SMILES string of the molecule is C[C@H]1CCCC[C@@H]1NC(=O)CSc1nccn1-c1cccc(F)c1. The quantitative estimate of drug-likeness (QED) is 0.837. The lowest BCUT2D eigenvalue weighted by molar-refractivity contribution is -0.119. The van der Waals surface area contributed by atoms with Crippen molar-refractivity contribution in [3.8, 4) is 5.69 Å². The fourth-order valence-corrected chi connectivity index (χ4v) is 3.91. The van der Waals surface area contributed by atoms with Gasteiger partial charge in [0.05, 0.1) is 11.4 Å². The van der Waals surface area contributed by atoms with E-state index in [-0.39, 0.29) is 17.8 Å². The number of nitrogens with zero attached hydrogens (tertiary/aromatic N) is 2. The Kier molecular flexibility index (Phi) is 5.56. The summed E-state index contributed by atoms with van der Waals surface area (Å²) in [5, 5.41) is 3.83. The minimum Gasteiger partial charge on any atom is -0.352 e. The lowest BCUT2D eigenvalue weighted by Crippen LogP contribution is -2.41. The zero-order valence-electron chi connectivity index (χ0n) is 13.7. The maximum absolute atomic E-state index is 13.4. The molecule has 1 saturated carbocycles. The number of thioether (sulfide) groups is 1. The zero-order chi connectivity index (χ0) is 16.9. The molecule has 24 heavy (non-hydrogen) atoms. The van der Waals surface area contributed by atoms with Crippen molar-refractivity contribution < 1.29 is 9.18 Å². The fraction of sp³-hybridized carbons (Fsp3) is 0.444. The normalized spacial score (nSPS) is 20.8. The number of rotatable bonds is 5. The Morgan fingerprint density at radius 1 is 1.42 bits per heavy atom. The van der Waals surface area contributed by atoms with Gasteiger partial charge in [0.15, 0.2) is 5.16 Å². The highest BCUT2D eigenvalue weighted by Gasteiger charge is 2.22. The molecule has 4 nitrogen and oxygen atoms in total. The van der Waals surface area contributed by atoms with E-state index in [2.05, 4.69) is 17.2 Å². The first kappa shape index (κ1) is 17.0. The number of imidazole rings is 1. The molecule has 3 rings (SSSR count). The van der Waals surface area contributed by atoms with Crippen LogP contribution in [0.25, 0.3) is 5.69 Å². The van der Waals surface area contributed by atoms with Crippen LogP contribution in [0, 0.1) is 11.7 Å². The monoisotopic (exact) mass is 347 g/mol. The van der Waals surface area contributed by atoms with E-state index in [0.29, 0.717) is 22.5 Å². The second-order valence-electron chi connectivity index (χ2n) is 6.28. The van der Waals surface area contributed by atoms with E-state index in [1.54, 1.807) is 23.0 Å². The third-order valence-electron chi connectivity index (χ3n) is 4.48. The average molecular weight is 347 g/mol. The molecule has 6 heteroatoms. The van der Waals surface area contributed by atoms with Crippen LogP contribution >= 0.6 is 11.8 Å². The van der Waals surface area contributed by atoms with E-state index in [1.807, 2.05) is 6.07 Å². The summed E-state index contributed by atoms with van der Waals surface area (Å²) in [7, 11) is 0. The predicted molar refractivity (Wildman–Crippen MR) is 93.8 cm³/mol. The molecule has 1 aliphatic carbocycles. The van der Waals surface area contributed by atoms with Gasteiger partial charge in [0, 0.05) is 18.4 Å². The lowest BCUT2D eigenvalue weighted by Gasteiger charge is -2.29. The second-order valence-corrected chi connectivity index (χ2v) is 7.23. The van der Waals surface area contributed by atoms with Crippen molar-refractivity contribution in [1.29, 1.82) is 0 Å². The van der Waals surface area contributed by atoms with Crippen molar-refractivity contribution >= 4 is 17.7 Å². The Hall–Kier alpha value is -1.82. The molecule has 128 valence electrons. The van der Waals surface area contributed by atoms with Crippen molar-refractivity contribution in [2.45, 2.75) is 43.8 Å². The van der Waals surface area contributed by atoms with E-state index in [0.717, 1.165) is 6.42 Å². The number of amides is 1. The molecule has 1 heterocycles. The molecular formula is C18H22FN3OS. The summed E-state index contributed by atoms with van der Waals surface area (Å²) in [6.07, 6.45) is 8.13. The first-order valence-electron chi connectivity index (χ1n) is 8.35. The highest BCUT2D eigenvalue weighted by molar-refractivity contribution is 7.99. The van der Waals surface area contributed by atoms with Gasteiger partial charge in [0.2, 0.25) is 5.91 Å². The van der Waals surface area contributed by atoms with E-state index in [4.69, 9.17) is 0 Å². The van der Waals surface area contributed by atoms with Crippen LogP contribution in [0.15, 0.2) is 41.8 Å². The number of nitrogens with one attached hydrogen (secondary N) is 1. The molecule has 2 atom stereocenters. The maximum atomic E-state index is 13.4. The topological polar surface area (TPSA) is 46.9 Å². The number of benzene rings is 1. The van der Waals surface area contributed by atoms with Gasteiger partial charge in [-0.15, -0.1) is 0 Å². The predicted octanol–water partition coefficient (Wildman–Crippen LogP) is 3.80. The second kappa shape index (κ2) is 7.83. The number of carbonyl (C=O) groups is 1. The minimum atomic E-state index is -0.291. The zero-order valence-corrected chi connectivity index (χ0v) is 14.6. The smallest absolute Gasteiger partial charge is 0.230 e. The van der Waals surface area contributed by atoms with Gasteiger partial charge in [-0.2, -0.15) is 0 Å². The molecule has 0 bridgehead atoms. The third kappa shape index (κ3) is 4.17. The summed E-state index contributed by atoms with van der Waals surface area (Å²) in [6, 6.07) is 6.63. The van der Waals surface area contributed by atoms with Crippen LogP contribution in [0.1, 0.15) is 32.6 Å². The van der Waals surface area contributed by atoms with Crippen molar-refractivity contribution in [1.82, 2.24) is 14.9 Å². The number of halogens is 1. The summed E-state index contributed by atoms with van der Waals surface area (Å²) in [5.74, 6) is 0.603. The van der Waals surface area contributed by atoms with Gasteiger partial charge in [-0.05, 0) is 37.0 Å². The molecule has 1 aliphatic rings. The molecule has 0 saturated heterocycles. The van der Waals surface area contributed by atoms with Crippen LogP contribution in [0.5, 0.6) is 0 Å². The molecule has 0 unspecified atom stereocenters. The Morgan fingerprint density at radius 2 is 2.25 bits per heavy atom. The van der Waals surface area contributed by atoms with E-state index < -0.39 is 0 Å². The fourth-order valence-electron chi connectivity index (χ4n) is 3.13. The highest BCUT2D eigenvalue weighted by Crippen LogP contribution is 2.24. The molecule has 0 aliphatic heterocycles. The van der Waals surface area contributed by atoms with Crippen molar-refractivity contribution in [2.24, 2.45) is 5.92 Å². The standard InChI is InChI=1S/C18H22FN3OS/c1-13-5-2-3-8-16(13)21-17(23)12-24-18-20-9-10-22(18)15-7-4-6-14(19)11-15/h4,6-7,9-11,13,16H,2-3,5,8,12H2,1H3,(H,21,23)/t13-,16-/m0/s1. The molecule has 0 spiro atoms. The number of hydrogen-bond acceptors (Lipinski definition) is 3. The molecule has 1 N–H and O–H groups in total. The van der Waals surface area contributed by atoms with Gasteiger partial charge < -0.3 is 5.32 Å². The first-order valence-corrected chi connectivity index (χ1v) is 9.33. The van der Waals surface area contributed by atoms with Crippen LogP contribution in [-0.2, 0) is 4.79 Å². The van der Waals surface area contributed by atoms with Gasteiger partial charge in [-0.1, -0.05) is 37.6 Å². The lowest BCUT2D eigenvalue weighted by atomic mass is 9.86. The summed E-state index contributed by atoms with van der Waals surface area (Å²) >= 11 is 1.37. The van der Waals surface area contributed by atoms with Crippen LogP contribution < -0.4 is 5.32 Å². The number of hydrogen-bond donors (Lipinski definition) is 1. The van der Waals surface area contributed by atoms with Crippen LogP contribution in [0.2, 0.25) is 0 Å². The van der Waals surface area contributed by atoms with Gasteiger partial charge in [-0.25, -0.2) is 9.37 Å². The Balaban J connectivity index is 1.59. The Bertz CT molecular complexity index is 703. The van der Waals surface area contributed by atoms with Crippen LogP contribution in [0.3, 0.4) is 0 Å². The Morgan fingerprint density at radius 3 is 3.04 bits per heavy atom. The summed E-state index contributed by atoms with van der Waals surface area (Å²) in [6.45, 7) is 2.20. The Labute approximate surface area is 145 Å². The highest BCUT2D eigenvalue weighted by atomic mass is 32.2. The maximum Gasteiger partial charge on any atom is 0.230 e. The molecule has 1 fully saturated rings. The van der Waals surface area contributed by atoms with E-state index in [9.17, 15) is 9.18 Å². The summed E-state index contributed by atoms with van der Waals surface area (Å²) in [5.41, 5.74) is 0.705. The van der Waals surface area contributed by atoms with Gasteiger partial charge >= 0.3 is 0 Å². The summed E-state index contributed by atoms with van der Waals surface area (Å²) in [4.78, 5) is 16.5. The van der Waals surface area contributed by atoms with Gasteiger partial charge in [0.1, 0.15) is 5.82 Å². The van der Waals surface area contributed by atoms with Gasteiger partial charge in [0.25, 0.3) is 0 Å². The number of carbonyl (C=O) groups excluding carboxylic acids is 1. The largest absolute Gasteiger partial charge is 0.352 e. The van der Waals surface area contributed by atoms with Crippen LogP contribution in [0.4, 0.5) is 4.39 Å². The summed E-state index contributed by atoms with van der Waals surface area (Å²) < 4.78 is 15.2. The minimum absolute atomic E-state index is 0.0348. The molecular weight excluding hydrogens is 325 g/mol. The molecule has 0 radical (unpaired) electrons. The van der Waals surface area contributed by atoms with Crippen molar-refractivity contribution in [3.63, 3.8) is 0 Å².